The van der Waals surface area contributed by atoms with Crippen molar-refractivity contribution in [3.8, 4) is 0 Å². The number of unbranched alkanes of at least 4 members (excludes halogenated alkanes) is 12. The largest absolute Gasteiger partial charge is 0.426 e. The van der Waals surface area contributed by atoms with E-state index in [1.165, 1.54) is 57.9 Å². The lowest BCUT2D eigenvalue weighted by atomic mass is 9.99. The lowest BCUT2D eigenvalue weighted by Gasteiger charge is -2.22. The number of cyclic esters (lactones) is 1. The molecular formula is C35H62O8. The van der Waals surface area contributed by atoms with E-state index in [1.807, 2.05) is 0 Å². The van der Waals surface area contributed by atoms with Crippen molar-refractivity contribution in [2.75, 3.05) is 0 Å². The summed E-state index contributed by atoms with van der Waals surface area (Å²) in [6.07, 6.45) is 20.6. The second-order valence-electron chi connectivity index (χ2n) is 13.3. The fourth-order valence-electron chi connectivity index (χ4n) is 6.31. The van der Waals surface area contributed by atoms with Crippen LogP contribution in [0.3, 0.4) is 0 Å². The van der Waals surface area contributed by atoms with E-state index < -0.39 is 30.1 Å². The molecule has 2 heterocycles. The highest BCUT2D eigenvalue weighted by atomic mass is 16.7. The second kappa shape index (κ2) is 21.4. The van der Waals surface area contributed by atoms with Crippen molar-refractivity contribution in [3.63, 3.8) is 0 Å². The van der Waals surface area contributed by atoms with Crippen LogP contribution in [0.2, 0.25) is 0 Å². The maximum absolute atomic E-state index is 12.2. The molecule has 1 saturated heterocycles. The van der Waals surface area contributed by atoms with Crippen LogP contribution >= 0.6 is 0 Å². The standard InChI is InChI=1S/C35H62O8/c1-3-4-5-6-7-8-9-16-21-30(38)32-23-24-33(42-32)31(39)22-17-11-10-13-18-28(36)19-14-12-15-20-29(37)25-27-26-35(2,41)43-34(27)40/h26,29-33,37-39,41H,3-25H2,1-2H3. The average Bonchev–Trinajstić information content (AvgIpc) is 3.55. The molecule has 0 spiro atoms. The molecule has 1 fully saturated rings. The molecule has 0 amide bonds. The molecule has 0 saturated carbocycles. The molecule has 0 radical (unpaired) electrons. The number of esters is 1. The van der Waals surface area contributed by atoms with Gasteiger partial charge in [-0.3, -0.25) is 4.79 Å². The molecule has 0 aliphatic carbocycles. The lowest BCUT2D eigenvalue weighted by Crippen LogP contribution is -2.31. The second-order valence-corrected chi connectivity index (χ2v) is 13.3. The fourth-order valence-corrected chi connectivity index (χ4v) is 6.31. The van der Waals surface area contributed by atoms with Crippen LogP contribution in [0.1, 0.15) is 162 Å². The summed E-state index contributed by atoms with van der Waals surface area (Å²) in [6.45, 7) is 3.62. The summed E-state index contributed by atoms with van der Waals surface area (Å²) in [5, 5.41) is 41.0. The van der Waals surface area contributed by atoms with E-state index in [2.05, 4.69) is 6.92 Å². The monoisotopic (exact) mass is 610 g/mol. The van der Waals surface area contributed by atoms with E-state index in [-0.39, 0.29) is 24.4 Å². The van der Waals surface area contributed by atoms with Crippen molar-refractivity contribution >= 4 is 11.8 Å². The predicted octanol–water partition coefficient (Wildman–Crippen LogP) is 6.59. The van der Waals surface area contributed by atoms with Crippen molar-refractivity contribution in [1.29, 1.82) is 0 Å². The molecule has 6 atom stereocenters. The van der Waals surface area contributed by atoms with Crippen molar-refractivity contribution < 1.29 is 39.5 Å². The van der Waals surface area contributed by atoms with Gasteiger partial charge in [-0.1, -0.05) is 90.4 Å². The Morgan fingerprint density at radius 2 is 1.26 bits per heavy atom. The van der Waals surface area contributed by atoms with Crippen molar-refractivity contribution in [2.24, 2.45) is 0 Å². The summed E-state index contributed by atoms with van der Waals surface area (Å²) in [7, 11) is 0. The number of carbonyl (C=O) groups is 2. The minimum absolute atomic E-state index is 0.144. The molecule has 8 heteroatoms. The topological polar surface area (TPSA) is 134 Å². The van der Waals surface area contributed by atoms with Crippen LogP contribution in [0.4, 0.5) is 0 Å². The smallest absolute Gasteiger partial charge is 0.336 e. The first-order chi connectivity index (χ1) is 20.6. The number of hydrogen-bond acceptors (Lipinski definition) is 8. The quantitative estimate of drug-likeness (QED) is 0.0637. The highest BCUT2D eigenvalue weighted by Crippen LogP contribution is 2.29. The molecular weight excluding hydrogens is 548 g/mol. The van der Waals surface area contributed by atoms with Gasteiger partial charge in [0.05, 0.1) is 30.5 Å². The Kier molecular flexibility index (Phi) is 18.9. The highest BCUT2D eigenvalue weighted by Gasteiger charge is 2.35. The molecule has 0 aromatic rings. The van der Waals surface area contributed by atoms with E-state index in [4.69, 9.17) is 9.47 Å². The van der Waals surface area contributed by atoms with Gasteiger partial charge in [-0.15, -0.1) is 0 Å². The number of hydrogen-bond donors (Lipinski definition) is 4. The number of rotatable bonds is 26. The van der Waals surface area contributed by atoms with Crippen LogP contribution in [0.25, 0.3) is 0 Å². The van der Waals surface area contributed by atoms with E-state index in [0.29, 0.717) is 31.3 Å². The number of carbonyl (C=O) groups excluding carboxylic acids is 2. The van der Waals surface area contributed by atoms with Gasteiger partial charge in [0.2, 0.25) is 5.79 Å². The molecule has 0 aromatic carbocycles. The Morgan fingerprint density at radius 3 is 1.77 bits per heavy atom. The average molecular weight is 611 g/mol. The lowest BCUT2D eigenvalue weighted by molar-refractivity contribution is -0.173. The number of ketones is 1. The zero-order chi connectivity index (χ0) is 31.5. The Bertz CT molecular complexity index is 810. The first-order valence-corrected chi connectivity index (χ1v) is 17.5. The molecule has 8 nitrogen and oxygen atoms in total. The minimum Gasteiger partial charge on any atom is -0.426 e. The van der Waals surface area contributed by atoms with E-state index in [1.54, 1.807) is 0 Å². The molecule has 0 bridgehead atoms. The Morgan fingerprint density at radius 1 is 0.791 bits per heavy atom. The normalized spacial score (nSPS) is 24.1. The van der Waals surface area contributed by atoms with Gasteiger partial charge in [-0.25, -0.2) is 4.79 Å². The zero-order valence-electron chi connectivity index (χ0n) is 27.1. The maximum Gasteiger partial charge on any atom is 0.336 e. The van der Waals surface area contributed by atoms with E-state index >= 15 is 0 Å². The van der Waals surface area contributed by atoms with Gasteiger partial charge in [0, 0.05) is 31.8 Å². The summed E-state index contributed by atoms with van der Waals surface area (Å²) in [6, 6.07) is 0. The first kappa shape index (κ1) is 37.9. The van der Waals surface area contributed by atoms with Gasteiger partial charge in [0.1, 0.15) is 5.78 Å². The van der Waals surface area contributed by atoms with E-state index in [0.717, 1.165) is 70.6 Å². The van der Waals surface area contributed by atoms with Crippen LogP contribution in [-0.2, 0) is 19.1 Å². The summed E-state index contributed by atoms with van der Waals surface area (Å²) in [5.74, 6) is -1.89. The third-order valence-corrected chi connectivity index (χ3v) is 8.95. The van der Waals surface area contributed by atoms with Crippen molar-refractivity contribution in [3.05, 3.63) is 11.6 Å². The number of Topliss-reactive ketones (excluding diaryl/α,β-unsaturated/α-hetero) is 1. The third kappa shape index (κ3) is 16.5. The summed E-state index contributed by atoms with van der Waals surface area (Å²) < 4.78 is 10.8. The van der Waals surface area contributed by atoms with Gasteiger partial charge < -0.3 is 29.9 Å². The molecule has 4 N–H and O–H groups in total. The minimum atomic E-state index is -1.58. The van der Waals surface area contributed by atoms with Crippen LogP contribution < -0.4 is 0 Å². The van der Waals surface area contributed by atoms with Gasteiger partial charge in [0.25, 0.3) is 0 Å². The molecule has 0 aromatic heterocycles. The van der Waals surface area contributed by atoms with Gasteiger partial charge in [-0.2, -0.15) is 0 Å². The zero-order valence-corrected chi connectivity index (χ0v) is 27.1. The third-order valence-electron chi connectivity index (χ3n) is 8.95. The maximum atomic E-state index is 12.2. The summed E-state index contributed by atoms with van der Waals surface area (Å²) in [4.78, 5) is 23.9. The SMILES string of the molecule is CCCCCCCCCCC(O)C1CCC(C(O)CCCCCCC(=O)CCCCCC(O)CC2=CC(C)(O)OC2=O)O1. The van der Waals surface area contributed by atoms with Gasteiger partial charge in [0.15, 0.2) is 0 Å². The number of aliphatic hydroxyl groups excluding tert-OH is 3. The van der Waals surface area contributed by atoms with E-state index in [9.17, 15) is 30.0 Å². The molecule has 2 aliphatic heterocycles. The molecule has 2 aliphatic rings. The molecule has 250 valence electrons. The highest BCUT2D eigenvalue weighted by molar-refractivity contribution is 5.91. The summed E-state index contributed by atoms with van der Waals surface area (Å²) in [5.41, 5.74) is 0.308. The Hall–Kier alpha value is -1.32. The molecule has 43 heavy (non-hydrogen) atoms. The fraction of sp³-hybridized carbons (Fsp3) is 0.886. The van der Waals surface area contributed by atoms with Crippen LogP contribution in [0.5, 0.6) is 0 Å². The number of aliphatic hydroxyl groups is 4. The summed E-state index contributed by atoms with van der Waals surface area (Å²) >= 11 is 0. The molecule has 6 unspecified atom stereocenters. The number of ether oxygens (including phenoxy) is 2. The van der Waals surface area contributed by atoms with Crippen molar-refractivity contribution in [2.45, 2.75) is 198 Å². The Balaban J connectivity index is 1.40. The van der Waals surface area contributed by atoms with Crippen LogP contribution in [-0.4, -0.2) is 68.5 Å². The predicted molar refractivity (Wildman–Crippen MR) is 168 cm³/mol. The Labute approximate surface area is 260 Å². The molecule has 2 rings (SSSR count). The van der Waals surface area contributed by atoms with Gasteiger partial charge in [-0.05, 0) is 51.0 Å². The van der Waals surface area contributed by atoms with Crippen LogP contribution in [0, 0.1) is 0 Å². The first-order valence-electron chi connectivity index (χ1n) is 17.5. The van der Waals surface area contributed by atoms with Crippen molar-refractivity contribution in [1.82, 2.24) is 0 Å². The van der Waals surface area contributed by atoms with Gasteiger partial charge >= 0.3 is 5.97 Å². The van der Waals surface area contributed by atoms with Crippen LogP contribution in [0.15, 0.2) is 11.6 Å².